The summed E-state index contributed by atoms with van der Waals surface area (Å²) in [5, 5.41) is 13.1. The van der Waals surface area contributed by atoms with Gasteiger partial charge in [0, 0.05) is 16.1 Å². The van der Waals surface area contributed by atoms with Gasteiger partial charge in [0.05, 0.1) is 5.57 Å². The topological polar surface area (TPSA) is 76.1 Å². The number of amides is 1. The fraction of sp³-hybridized carbons (Fsp3) is 0.167. The molecule has 6 nitrogen and oxygen atoms in total. The minimum Gasteiger partial charge on any atom is -0.507 e. The molecule has 1 saturated heterocycles. The second-order valence-electron chi connectivity index (χ2n) is 7.47. The molecule has 32 heavy (non-hydrogen) atoms. The molecule has 5 rings (SSSR count). The van der Waals surface area contributed by atoms with Crippen molar-refractivity contribution < 1.29 is 28.6 Å². The Balaban J connectivity index is 1.69. The first-order valence-electron chi connectivity index (χ1n) is 9.96. The number of thiophene rings is 1. The fourth-order valence-corrected chi connectivity index (χ4v) is 4.98. The number of aryl methyl sites for hydroxylation is 1. The predicted octanol–water partition coefficient (Wildman–Crippen LogP) is 4.59. The highest BCUT2D eigenvalue weighted by molar-refractivity contribution is 7.10. The van der Waals surface area contributed by atoms with Gasteiger partial charge in [0.15, 0.2) is 11.5 Å². The number of carbonyl (C=O) groups is 2. The van der Waals surface area contributed by atoms with Gasteiger partial charge >= 0.3 is 0 Å². The molecule has 1 aromatic heterocycles. The zero-order valence-electron chi connectivity index (χ0n) is 17.0. The average Bonchev–Trinajstić information content (AvgIpc) is 3.34. The van der Waals surface area contributed by atoms with E-state index >= 15 is 0 Å². The largest absolute Gasteiger partial charge is 0.507 e. The van der Waals surface area contributed by atoms with Crippen LogP contribution in [0.3, 0.4) is 0 Å². The first kappa shape index (κ1) is 20.3. The van der Waals surface area contributed by atoms with Crippen molar-refractivity contribution in [3.63, 3.8) is 0 Å². The minimum atomic E-state index is -0.839. The summed E-state index contributed by atoms with van der Waals surface area (Å²) in [6.07, 6.45) is 0. The maximum atomic E-state index is 13.5. The Hall–Kier alpha value is -3.65. The van der Waals surface area contributed by atoms with E-state index in [1.165, 1.54) is 40.5 Å². The smallest absolute Gasteiger partial charge is 0.300 e. The van der Waals surface area contributed by atoms with Crippen molar-refractivity contribution in [3.8, 4) is 11.5 Å². The zero-order chi connectivity index (χ0) is 22.4. The number of hydrogen-bond acceptors (Lipinski definition) is 6. The quantitative estimate of drug-likeness (QED) is 0.358. The van der Waals surface area contributed by atoms with Gasteiger partial charge in [0.25, 0.3) is 11.7 Å². The molecule has 3 aromatic rings. The van der Waals surface area contributed by atoms with Crippen molar-refractivity contribution in [2.75, 3.05) is 18.1 Å². The number of Topliss-reactive ketones (excluding diaryl/α,β-unsaturated/α-hetero) is 1. The number of nitrogens with zero attached hydrogens (tertiary/aromatic N) is 1. The monoisotopic (exact) mass is 451 g/mol. The van der Waals surface area contributed by atoms with Crippen LogP contribution in [-0.4, -0.2) is 30.0 Å². The number of carbonyl (C=O) groups excluding carboxylic acids is 2. The lowest BCUT2D eigenvalue weighted by Crippen LogP contribution is -2.29. The highest BCUT2D eigenvalue weighted by Crippen LogP contribution is 2.45. The van der Waals surface area contributed by atoms with Crippen molar-refractivity contribution >= 4 is 34.5 Å². The van der Waals surface area contributed by atoms with Crippen molar-refractivity contribution in [2.24, 2.45) is 0 Å². The van der Waals surface area contributed by atoms with E-state index in [1.807, 2.05) is 18.4 Å². The van der Waals surface area contributed by atoms with Gasteiger partial charge in [-0.25, -0.2) is 4.39 Å². The van der Waals surface area contributed by atoms with Crippen LogP contribution in [0.2, 0.25) is 0 Å². The average molecular weight is 451 g/mol. The maximum Gasteiger partial charge on any atom is 0.300 e. The Morgan fingerprint density at radius 3 is 2.47 bits per heavy atom. The van der Waals surface area contributed by atoms with Crippen LogP contribution in [0.1, 0.15) is 22.0 Å². The molecular weight excluding hydrogens is 433 g/mol. The summed E-state index contributed by atoms with van der Waals surface area (Å²) in [5.41, 5.74) is 1.56. The molecule has 1 amide bonds. The van der Waals surface area contributed by atoms with E-state index in [4.69, 9.17) is 9.47 Å². The number of fused-ring (bicyclic) bond motifs is 1. The van der Waals surface area contributed by atoms with Gasteiger partial charge in [-0.3, -0.25) is 14.5 Å². The molecule has 0 spiro atoms. The molecule has 0 saturated carbocycles. The summed E-state index contributed by atoms with van der Waals surface area (Å²) in [4.78, 5) is 28.3. The van der Waals surface area contributed by atoms with E-state index < -0.39 is 23.5 Å². The fourth-order valence-electron chi connectivity index (χ4n) is 3.96. The van der Waals surface area contributed by atoms with Crippen LogP contribution in [0, 0.1) is 12.7 Å². The van der Waals surface area contributed by atoms with Gasteiger partial charge < -0.3 is 14.6 Å². The molecule has 3 heterocycles. The summed E-state index contributed by atoms with van der Waals surface area (Å²) < 4.78 is 24.6. The van der Waals surface area contributed by atoms with Crippen LogP contribution < -0.4 is 14.4 Å². The number of halogens is 1. The molecule has 2 aliphatic rings. The van der Waals surface area contributed by atoms with Crippen LogP contribution in [0.15, 0.2) is 59.5 Å². The first-order valence-corrected chi connectivity index (χ1v) is 10.8. The SMILES string of the molecule is Cc1ccsc1C1/C(=C(/O)c2ccc3c(c2)OCCO3)C(=O)C(=O)N1c1ccc(F)cc1. The summed E-state index contributed by atoms with van der Waals surface area (Å²) in [6, 6.07) is 11.3. The Labute approximate surface area is 187 Å². The summed E-state index contributed by atoms with van der Waals surface area (Å²) in [7, 11) is 0. The number of rotatable bonds is 3. The Morgan fingerprint density at radius 2 is 1.78 bits per heavy atom. The highest BCUT2D eigenvalue weighted by Gasteiger charge is 2.48. The van der Waals surface area contributed by atoms with Crippen molar-refractivity contribution in [3.05, 3.63) is 81.3 Å². The van der Waals surface area contributed by atoms with Crippen molar-refractivity contribution in [1.82, 2.24) is 0 Å². The van der Waals surface area contributed by atoms with E-state index in [2.05, 4.69) is 0 Å². The highest BCUT2D eigenvalue weighted by atomic mass is 32.1. The molecule has 1 atom stereocenters. The molecule has 1 N–H and O–H groups in total. The van der Waals surface area contributed by atoms with Gasteiger partial charge in [-0.2, -0.15) is 0 Å². The third-order valence-electron chi connectivity index (χ3n) is 5.51. The van der Waals surface area contributed by atoms with Gasteiger partial charge in [0.2, 0.25) is 0 Å². The van der Waals surface area contributed by atoms with Gasteiger partial charge in [-0.05, 0) is 66.4 Å². The zero-order valence-corrected chi connectivity index (χ0v) is 17.8. The van der Waals surface area contributed by atoms with Gasteiger partial charge in [-0.15, -0.1) is 11.3 Å². The number of aliphatic hydroxyl groups is 1. The van der Waals surface area contributed by atoms with E-state index in [9.17, 15) is 19.1 Å². The number of anilines is 1. The molecule has 1 unspecified atom stereocenters. The molecule has 2 aromatic carbocycles. The number of benzene rings is 2. The molecule has 1 fully saturated rings. The van der Waals surface area contributed by atoms with Crippen LogP contribution >= 0.6 is 11.3 Å². The Bertz CT molecular complexity index is 1260. The van der Waals surface area contributed by atoms with E-state index in [0.717, 1.165) is 10.4 Å². The second-order valence-corrected chi connectivity index (χ2v) is 8.42. The van der Waals surface area contributed by atoms with Crippen LogP contribution in [0.4, 0.5) is 10.1 Å². The molecule has 0 aliphatic carbocycles. The molecule has 0 bridgehead atoms. The summed E-state index contributed by atoms with van der Waals surface area (Å²) in [5.74, 6) is -1.34. The minimum absolute atomic E-state index is 0.0263. The lowest BCUT2D eigenvalue weighted by atomic mass is 9.98. The molecule has 2 aliphatic heterocycles. The standard InChI is InChI=1S/C24H18FNO5S/c1-13-8-11-32-23(13)20-19(21(27)14-2-7-17-18(12-14)31-10-9-30-17)22(28)24(29)26(20)16-5-3-15(25)4-6-16/h2-8,11-12,20,27H,9-10H2,1H3/b21-19-. The lowest BCUT2D eigenvalue weighted by Gasteiger charge is -2.25. The third-order valence-corrected chi connectivity index (χ3v) is 6.59. The van der Waals surface area contributed by atoms with E-state index in [1.54, 1.807) is 18.2 Å². The molecule has 162 valence electrons. The van der Waals surface area contributed by atoms with Gasteiger partial charge in [-0.1, -0.05) is 0 Å². The first-order chi connectivity index (χ1) is 15.5. The van der Waals surface area contributed by atoms with Crippen LogP contribution in [-0.2, 0) is 9.59 Å². The molecule has 8 heteroatoms. The molecular formula is C24H18FNO5S. The Kier molecular flexibility index (Phi) is 4.94. The summed E-state index contributed by atoms with van der Waals surface area (Å²) >= 11 is 1.38. The second kappa shape index (κ2) is 7.80. The van der Waals surface area contributed by atoms with Crippen molar-refractivity contribution in [1.29, 1.82) is 0 Å². The number of aliphatic hydroxyl groups excluding tert-OH is 1. The van der Waals surface area contributed by atoms with E-state index in [0.29, 0.717) is 36.0 Å². The Morgan fingerprint density at radius 1 is 1.06 bits per heavy atom. The van der Waals surface area contributed by atoms with Crippen molar-refractivity contribution in [2.45, 2.75) is 13.0 Å². The van der Waals surface area contributed by atoms with Crippen LogP contribution in [0.5, 0.6) is 11.5 Å². The number of ether oxygens (including phenoxy) is 2. The normalized spacial score (nSPS) is 19.4. The van der Waals surface area contributed by atoms with E-state index in [-0.39, 0.29) is 11.3 Å². The third kappa shape index (κ3) is 3.23. The number of hydrogen-bond donors (Lipinski definition) is 1. The molecule has 0 radical (unpaired) electrons. The lowest BCUT2D eigenvalue weighted by molar-refractivity contribution is -0.132. The van der Waals surface area contributed by atoms with Crippen LogP contribution in [0.25, 0.3) is 5.76 Å². The predicted molar refractivity (Wildman–Crippen MR) is 118 cm³/mol. The maximum absolute atomic E-state index is 13.5. The number of ketones is 1. The summed E-state index contributed by atoms with van der Waals surface area (Å²) in [6.45, 7) is 2.68. The van der Waals surface area contributed by atoms with Gasteiger partial charge in [0.1, 0.15) is 30.8 Å².